The lowest BCUT2D eigenvalue weighted by atomic mass is 10.2. The van der Waals surface area contributed by atoms with Gasteiger partial charge in [-0.25, -0.2) is 0 Å². The van der Waals surface area contributed by atoms with E-state index in [0.29, 0.717) is 0 Å². The molecule has 1 aliphatic rings. The van der Waals surface area contributed by atoms with Crippen LogP contribution < -0.4 is 0 Å². The molecule has 4 heteroatoms. The number of rotatable bonds is 4. The van der Waals surface area contributed by atoms with E-state index in [1.807, 2.05) is 31.2 Å². The van der Waals surface area contributed by atoms with Crippen molar-refractivity contribution in [1.82, 2.24) is 0 Å². The Kier molecular flexibility index (Phi) is 4.03. The van der Waals surface area contributed by atoms with Gasteiger partial charge in [-0.2, -0.15) is 0 Å². The van der Waals surface area contributed by atoms with Crippen LogP contribution in [0.5, 0.6) is 0 Å². The summed E-state index contributed by atoms with van der Waals surface area (Å²) in [5.74, 6) is 0. The van der Waals surface area contributed by atoms with Crippen LogP contribution >= 0.6 is 7.60 Å². The van der Waals surface area contributed by atoms with E-state index in [-0.39, 0.29) is 12.3 Å². The largest absolute Gasteiger partial charge is 0.332 e. The molecule has 1 saturated carbocycles. The van der Waals surface area contributed by atoms with E-state index in [1.165, 1.54) is 0 Å². The van der Waals surface area contributed by atoms with Crippen LogP contribution in [-0.2, 0) is 15.3 Å². The van der Waals surface area contributed by atoms with Gasteiger partial charge in [0.05, 0.1) is 12.3 Å². The first kappa shape index (κ1) is 12.8. The van der Waals surface area contributed by atoms with Crippen molar-refractivity contribution in [1.29, 1.82) is 0 Å². The molecule has 1 N–H and O–H groups in total. The highest BCUT2D eigenvalue weighted by Crippen LogP contribution is 2.49. The zero-order chi connectivity index (χ0) is 12.3. The smallest absolute Gasteiger partial charge is 0.324 e. The van der Waals surface area contributed by atoms with Crippen LogP contribution in [0, 0.1) is 6.92 Å². The summed E-state index contributed by atoms with van der Waals surface area (Å²) in [7, 11) is -3.48. The van der Waals surface area contributed by atoms with Crippen molar-refractivity contribution in [2.75, 3.05) is 0 Å². The fraction of sp³-hybridized carbons (Fsp3) is 0.538. The number of hydrogen-bond acceptors (Lipinski definition) is 2. The summed E-state index contributed by atoms with van der Waals surface area (Å²) < 4.78 is 17.3. The minimum atomic E-state index is -3.48. The molecule has 0 saturated heterocycles. The van der Waals surface area contributed by atoms with Gasteiger partial charge < -0.3 is 9.42 Å². The molecule has 0 aliphatic heterocycles. The molecule has 0 radical (unpaired) electrons. The second-order valence-electron chi connectivity index (χ2n) is 4.80. The lowest BCUT2D eigenvalue weighted by Crippen LogP contribution is -2.06. The predicted molar refractivity (Wildman–Crippen MR) is 68.0 cm³/mol. The Labute approximate surface area is 102 Å². The molecule has 0 amide bonds. The Bertz CT molecular complexity index is 424. The molecule has 0 spiro atoms. The van der Waals surface area contributed by atoms with E-state index in [0.717, 1.165) is 36.8 Å². The van der Waals surface area contributed by atoms with E-state index in [2.05, 4.69) is 0 Å². The molecule has 1 aromatic rings. The maximum absolute atomic E-state index is 12.0. The number of aryl methyl sites for hydroxylation is 1. The van der Waals surface area contributed by atoms with Gasteiger partial charge in [0.1, 0.15) is 0 Å². The number of benzene rings is 1. The summed E-state index contributed by atoms with van der Waals surface area (Å²) in [6.07, 6.45) is 4.14. The maximum Gasteiger partial charge on any atom is 0.332 e. The first-order valence-corrected chi connectivity index (χ1v) is 7.87. The van der Waals surface area contributed by atoms with Crippen LogP contribution in [0.4, 0.5) is 0 Å². The zero-order valence-corrected chi connectivity index (χ0v) is 11.0. The lowest BCUT2D eigenvalue weighted by molar-refractivity contribution is 0.179. The molecule has 2 rings (SSSR count). The fourth-order valence-electron chi connectivity index (χ4n) is 2.31. The van der Waals surface area contributed by atoms with E-state index < -0.39 is 7.60 Å². The first-order chi connectivity index (χ1) is 8.05. The third kappa shape index (κ3) is 3.95. The standard InChI is InChI=1S/C13H19O3P/c1-11-5-4-6-12(9-11)10-17(14,15)16-13-7-2-3-8-13/h4-6,9,13H,2-3,7-8,10H2,1H3,(H,14,15). The summed E-state index contributed by atoms with van der Waals surface area (Å²) in [6.45, 7) is 1.98. The van der Waals surface area contributed by atoms with E-state index in [4.69, 9.17) is 4.52 Å². The molecule has 1 aliphatic carbocycles. The highest BCUT2D eigenvalue weighted by Gasteiger charge is 2.27. The summed E-state index contributed by atoms with van der Waals surface area (Å²) in [6, 6.07) is 7.68. The van der Waals surface area contributed by atoms with Crippen molar-refractivity contribution in [2.45, 2.75) is 44.9 Å². The molecule has 17 heavy (non-hydrogen) atoms. The molecule has 3 nitrogen and oxygen atoms in total. The van der Waals surface area contributed by atoms with Crippen molar-refractivity contribution < 1.29 is 14.0 Å². The minimum absolute atomic E-state index is 0.0179. The van der Waals surface area contributed by atoms with Crippen molar-refractivity contribution in [3.8, 4) is 0 Å². The van der Waals surface area contributed by atoms with Gasteiger partial charge in [-0.05, 0) is 25.3 Å². The van der Waals surface area contributed by atoms with Crippen LogP contribution in [0.3, 0.4) is 0 Å². The minimum Gasteiger partial charge on any atom is -0.324 e. The molecular formula is C13H19O3P. The van der Waals surface area contributed by atoms with Gasteiger partial charge in [0, 0.05) is 0 Å². The monoisotopic (exact) mass is 254 g/mol. The molecule has 1 aromatic carbocycles. The normalized spacial score (nSPS) is 20.4. The Morgan fingerprint density at radius 2 is 2.12 bits per heavy atom. The lowest BCUT2D eigenvalue weighted by Gasteiger charge is -2.17. The fourth-order valence-corrected chi connectivity index (χ4v) is 3.71. The van der Waals surface area contributed by atoms with Crippen LogP contribution in [0.2, 0.25) is 0 Å². The summed E-state index contributed by atoms with van der Waals surface area (Å²) in [5, 5.41) is 0. The van der Waals surface area contributed by atoms with Crippen molar-refractivity contribution in [3.63, 3.8) is 0 Å². The van der Waals surface area contributed by atoms with Crippen LogP contribution in [-0.4, -0.2) is 11.0 Å². The first-order valence-electron chi connectivity index (χ1n) is 6.11. The molecule has 94 valence electrons. The van der Waals surface area contributed by atoms with Gasteiger partial charge in [0.2, 0.25) is 0 Å². The SMILES string of the molecule is Cc1cccc(CP(=O)(O)OC2CCCC2)c1. The van der Waals surface area contributed by atoms with Gasteiger partial charge in [-0.1, -0.05) is 42.7 Å². The molecular weight excluding hydrogens is 235 g/mol. The molecule has 0 bridgehead atoms. The van der Waals surface area contributed by atoms with Gasteiger partial charge in [-0.15, -0.1) is 0 Å². The molecule has 1 unspecified atom stereocenters. The predicted octanol–water partition coefficient (Wildman–Crippen LogP) is 3.64. The third-order valence-electron chi connectivity index (χ3n) is 3.08. The van der Waals surface area contributed by atoms with Gasteiger partial charge in [0.15, 0.2) is 0 Å². The van der Waals surface area contributed by atoms with Gasteiger partial charge in [0.25, 0.3) is 0 Å². The average molecular weight is 254 g/mol. The van der Waals surface area contributed by atoms with Crippen LogP contribution in [0.1, 0.15) is 36.8 Å². The highest BCUT2D eigenvalue weighted by atomic mass is 31.2. The van der Waals surface area contributed by atoms with E-state index >= 15 is 0 Å². The molecule has 0 aromatic heterocycles. The van der Waals surface area contributed by atoms with Crippen molar-refractivity contribution in [3.05, 3.63) is 35.4 Å². The maximum atomic E-state index is 12.0. The summed E-state index contributed by atoms with van der Waals surface area (Å²) >= 11 is 0. The van der Waals surface area contributed by atoms with Gasteiger partial charge >= 0.3 is 7.60 Å². The van der Waals surface area contributed by atoms with E-state index in [1.54, 1.807) is 0 Å². The third-order valence-corrected chi connectivity index (χ3v) is 4.47. The van der Waals surface area contributed by atoms with Crippen LogP contribution in [0.15, 0.2) is 24.3 Å². The summed E-state index contributed by atoms with van der Waals surface area (Å²) in [4.78, 5) is 9.85. The second kappa shape index (κ2) is 5.34. The van der Waals surface area contributed by atoms with Crippen molar-refractivity contribution in [2.24, 2.45) is 0 Å². The Morgan fingerprint density at radius 1 is 1.41 bits per heavy atom. The van der Waals surface area contributed by atoms with Crippen molar-refractivity contribution >= 4 is 7.60 Å². The second-order valence-corrected chi connectivity index (χ2v) is 6.60. The topological polar surface area (TPSA) is 46.5 Å². The van der Waals surface area contributed by atoms with Gasteiger partial charge in [-0.3, -0.25) is 4.57 Å². The molecule has 1 fully saturated rings. The molecule has 0 heterocycles. The van der Waals surface area contributed by atoms with Crippen LogP contribution in [0.25, 0.3) is 0 Å². The Morgan fingerprint density at radius 3 is 2.76 bits per heavy atom. The number of hydrogen-bond donors (Lipinski definition) is 1. The molecule has 1 atom stereocenters. The summed E-state index contributed by atoms with van der Waals surface area (Å²) in [5.41, 5.74) is 1.97. The Hall–Kier alpha value is -0.630. The van der Waals surface area contributed by atoms with E-state index in [9.17, 15) is 9.46 Å². The quantitative estimate of drug-likeness (QED) is 0.834. The average Bonchev–Trinajstić information content (AvgIpc) is 2.68. The zero-order valence-electron chi connectivity index (χ0n) is 10.1. The Balaban J connectivity index is 1.98. The highest BCUT2D eigenvalue weighted by molar-refractivity contribution is 7.52.